The number of benzene rings is 2. The van der Waals surface area contributed by atoms with Crippen LogP contribution in [0.1, 0.15) is 0 Å². The van der Waals surface area contributed by atoms with Crippen molar-refractivity contribution < 1.29 is 9.05 Å². The topological polar surface area (TPSA) is 30.5 Å². The normalized spacial score (nSPS) is 14.7. The molecule has 0 fully saturated rings. The van der Waals surface area contributed by atoms with Gasteiger partial charge in [0.15, 0.2) is 0 Å². The smallest absolute Gasteiger partial charge is 0.381 e. The predicted molar refractivity (Wildman–Crippen MR) is 61.2 cm³/mol. The summed E-state index contributed by atoms with van der Waals surface area (Å²) in [6.45, 7) is 0. The third-order valence-corrected chi connectivity index (χ3v) is 3.46. The Labute approximate surface area is 89.0 Å². The van der Waals surface area contributed by atoms with Crippen molar-refractivity contribution in [3.05, 3.63) is 36.4 Å². The first kappa shape index (κ1) is 8.96. The Morgan fingerprint density at radius 3 is 2.13 bits per heavy atom. The van der Waals surface area contributed by atoms with Crippen LogP contribution in [0.5, 0.6) is 11.5 Å². The van der Waals surface area contributed by atoms with Crippen LogP contribution in [-0.2, 0) is 0 Å². The van der Waals surface area contributed by atoms with Crippen LogP contribution in [0, 0.1) is 0 Å². The summed E-state index contributed by atoms with van der Waals surface area (Å²) in [4.78, 5) is 0. The Balaban J connectivity index is 2.27. The van der Waals surface area contributed by atoms with Crippen molar-refractivity contribution in [3.63, 3.8) is 0 Å². The summed E-state index contributed by atoms with van der Waals surface area (Å²) in [6.07, 6.45) is 0. The fourth-order valence-electron chi connectivity index (χ4n) is 1.71. The van der Waals surface area contributed by atoms with Crippen molar-refractivity contribution in [1.29, 1.82) is 0 Å². The Morgan fingerprint density at radius 1 is 1.00 bits per heavy atom. The fraction of sp³-hybridized carbons (Fsp3) is 0.0909. The molecule has 15 heavy (non-hydrogen) atoms. The molecule has 2 aromatic carbocycles. The zero-order chi connectivity index (χ0) is 10.3. The average Bonchev–Trinajstić information content (AvgIpc) is 2.29. The van der Waals surface area contributed by atoms with E-state index in [4.69, 9.17) is 9.05 Å². The summed E-state index contributed by atoms with van der Waals surface area (Å²) in [5.41, 5.74) is 0. The van der Waals surface area contributed by atoms with E-state index in [2.05, 4.69) is 17.2 Å². The summed E-state index contributed by atoms with van der Waals surface area (Å²) in [7, 11) is 0.801. The van der Waals surface area contributed by atoms with Gasteiger partial charge >= 0.3 is 8.53 Å². The van der Waals surface area contributed by atoms with Gasteiger partial charge in [-0.3, -0.25) is 0 Å². The summed E-state index contributed by atoms with van der Waals surface area (Å²) < 4.78 is 11.4. The minimum absolute atomic E-state index is 0.898. The van der Waals surface area contributed by atoms with Gasteiger partial charge in [0.05, 0.1) is 5.39 Å². The fourth-order valence-corrected chi connectivity index (χ4v) is 2.60. The van der Waals surface area contributed by atoms with Gasteiger partial charge in [-0.1, -0.05) is 24.3 Å². The minimum atomic E-state index is -1.03. The van der Waals surface area contributed by atoms with Gasteiger partial charge in [0.2, 0.25) is 0 Å². The van der Waals surface area contributed by atoms with Gasteiger partial charge in [-0.15, -0.1) is 0 Å². The zero-order valence-corrected chi connectivity index (χ0v) is 9.12. The van der Waals surface area contributed by atoms with E-state index in [0.29, 0.717) is 0 Å². The van der Waals surface area contributed by atoms with Crippen LogP contribution in [0.15, 0.2) is 36.4 Å². The molecular formula is C11H10NO2P. The largest absolute Gasteiger partial charge is 0.426 e. The predicted octanol–water partition coefficient (Wildman–Crippen LogP) is 3.06. The van der Waals surface area contributed by atoms with Crippen molar-refractivity contribution in [1.82, 2.24) is 5.09 Å². The number of nitrogens with one attached hydrogen (secondary N) is 1. The van der Waals surface area contributed by atoms with Crippen LogP contribution < -0.4 is 14.1 Å². The molecule has 1 N–H and O–H groups in total. The first-order valence-electron chi connectivity index (χ1n) is 4.74. The SMILES string of the molecule is CNP1Oc2cccc3cccc(c23)O1. The number of hydrogen-bond donors (Lipinski definition) is 1. The maximum Gasteiger partial charge on any atom is 0.381 e. The molecule has 0 spiro atoms. The van der Waals surface area contributed by atoms with Crippen molar-refractivity contribution in [3.8, 4) is 11.5 Å². The van der Waals surface area contributed by atoms with E-state index in [1.54, 1.807) is 0 Å². The summed E-state index contributed by atoms with van der Waals surface area (Å²) in [5.74, 6) is 1.80. The molecule has 2 aromatic rings. The molecule has 0 saturated heterocycles. The van der Waals surface area contributed by atoms with E-state index in [0.717, 1.165) is 22.3 Å². The molecule has 1 aliphatic heterocycles. The lowest BCUT2D eigenvalue weighted by atomic mass is 10.1. The number of rotatable bonds is 1. The molecular weight excluding hydrogens is 209 g/mol. The zero-order valence-electron chi connectivity index (χ0n) is 8.23. The molecule has 0 radical (unpaired) electrons. The molecule has 1 aliphatic rings. The van der Waals surface area contributed by atoms with E-state index < -0.39 is 8.53 Å². The van der Waals surface area contributed by atoms with Crippen LogP contribution >= 0.6 is 8.53 Å². The van der Waals surface area contributed by atoms with Gasteiger partial charge in [0.25, 0.3) is 0 Å². The van der Waals surface area contributed by atoms with Crippen molar-refractivity contribution in [2.75, 3.05) is 7.05 Å². The minimum Gasteiger partial charge on any atom is -0.426 e. The van der Waals surface area contributed by atoms with E-state index >= 15 is 0 Å². The highest BCUT2D eigenvalue weighted by molar-refractivity contribution is 7.46. The van der Waals surface area contributed by atoms with Gasteiger partial charge in [-0.2, -0.15) is 0 Å². The highest BCUT2D eigenvalue weighted by atomic mass is 31.2. The van der Waals surface area contributed by atoms with E-state index in [1.807, 2.05) is 31.3 Å². The average molecular weight is 219 g/mol. The van der Waals surface area contributed by atoms with E-state index in [9.17, 15) is 0 Å². The molecule has 4 heteroatoms. The third-order valence-electron chi connectivity index (χ3n) is 2.37. The van der Waals surface area contributed by atoms with Crippen molar-refractivity contribution in [2.45, 2.75) is 0 Å². The maximum atomic E-state index is 5.68. The number of hydrogen-bond acceptors (Lipinski definition) is 3. The first-order valence-corrected chi connectivity index (χ1v) is 5.91. The Morgan fingerprint density at radius 2 is 1.60 bits per heavy atom. The molecule has 0 bridgehead atoms. The van der Waals surface area contributed by atoms with Gasteiger partial charge < -0.3 is 9.05 Å². The first-order chi connectivity index (χ1) is 7.38. The lowest BCUT2D eigenvalue weighted by Gasteiger charge is -2.24. The Bertz CT molecular complexity index is 474. The van der Waals surface area contributed by atoms with Crippen LogP contribution in [-0.4, -0.2) is 7.05 Å². The molecule has 0 atom stereocenters. The van der Waals surface area contributed by atoms with Crippen LogP contribution in [0.4, 0.5) is 0 Å². The maximum absolute atomic E-state index is 5.68. The van der Waals surface area contributed by atoms with Crippen LogP contribution in [0.3, 0.4) is 0 Å². The molecule has 0 aliphatic carbocycles. The molecule has 0 unspecified atom stereocenters. The Hall–Kier alpha value is -1.31. The molecule has 1 heterocycles. The van der Waals surface area contributed by atoms with Crippen molar-refractivity contribution in [2.24, 2.45) is 0 Å². The third kappa shape index (κ3) is 1.36. The molecule has 3 nitrogen and oxygen atoms in total. The molecule has 0 saturated carbocycles. The lowest BCUT2D eigenvalue weighted by Crippen LogP contribution is -2.12. The van der Waals surface area contributed by atoms with Gasteiger partial charge in [-0.05, 0) is 24.6 Å². The summed E-state index contributed by atoms with van der Waals surface area (Å²) in [5, 5.41) is 5.22. The molecule has 3 rings (SSSR count). The molecule has 0 aromatic heterocycles. The van der Waals surface area contributed by atoms with Crippen LogP contribution in [0.25, 0.3) is 10.8 Å². The van der Waals surface area contributed by atoms with E-state index in [1.165, 1.54) is 0 Å². The molecule has 76 valence electrons. The second-order valence-electron chi connectivity index (χ2n) is 3.27. The van der Waals surface area contributed by atoms with Gasteiger partial charge in [0.1, 0.15) is 11.5 Å². The highest BCUT2D eigenvalue weighted by Crippen LogP contribution is 2.48. The summed E-state index contributed by atoms with van der Waals surface area (Å²) in [6, 6.07) is 12.1. The van der Waals surface area contributed by atoms with Crippen molar-refractivity contribution >= 4 is 19.3 Å². The lowest BCUT2D eigenvalue weighted by molar-refractivity contribution is 0.468. The Kier molecular flexibility index (Phi) is 2.01. The van der Waals surface area contributed by atoms with Gasteiger partial charge in [-0.25, -0.2) is 5.09 Å². The molecule has 0 amide bonds. The quantitative estimate of drug-likeness (QED) is 0.747. The monoisotopic (exact) mass is 219 g/mol. The van der Waals surface area contributed by atoms with E-state index in [-0.39, 0.29) is 0 Å². The van der Waals surface area contributed by atoms with Gasteiger partial charge in [0, 0.05) is 0 Å². The highest BCUT2D eigenvalue weighted by Gasteiger charge is 2.22. The second kappa shape index (κ2) is 3.37. The van der Waals surface area contributed by atoms with Crippen LogP contribution in [0.2, 0.25) is 0 Å². The summed E-state index contributed by atoms with van der Waals surface area (Å²) >= 11 is 0. The standard InChI is InChI=1S/C11H10NO2P/c1-12-15-13-9-6-2-4-8-5-3-7-10(14-15)11(8)9/h2-7,12H,1H3. The second-order valence-corrected chi connectivity index (χ2v) is 4.60.